The highest BCUT2D eigenvalue weighted by atomic mass is 35.5. The van der Waals surface area contributed by atoms with E-state index in [0.29, 0.717) is 28.8 Å². The average molecular weight is 711 g/mol. The number of halogens is 2. The zero-order valence-corrected chi connectivity index (χ0v) is 29.1. The van der Waals surface area contributed by atoms with Crippen molar-refractivity contribution in [3.8, 4) is 5.75 Å². The van der Waals surface area contributed by atoms with E-state index in [2.05, 4.69) is 61.2 Å². The van der Waals surface area contributed by atoms with Gasteiger partial charge in [0, 0.05) is 62.3 Å². The van der Waals surface area contributed by atoms with Crippen LogP contribution in [-0.2, 0) is 26.5 Å². The number of ether oxygens (including phenoxy) is 4. The number of piperazine rings is 1. The number of amidine groups is 1. The van der Waals surface area contributed by atoms with E-state index in [-0.39, 0.29) is 18.1 Å². The van der Waals surface area contributed by atoms with E-state index in [4.69, 9.17) is 47.1 Å². The van der Waals surface area contributed by atoms with E-state index in [0.717, 1.165) is 49.3 Å². The molecule has 3 atom stereocenters. The highest BCUT2D eigenvalue weighted by molar-refractivity contribution is 8.14. The molecule has 0 aliphatic carbocycles. The summed E-state index contributed by atoms with van der Waals surface area (Å²) in [5.74, 6) is -0.381. The van der Waals surface area contributed by atoms with Gasteiger partial charge >= 0.3 is 0 Å². The number of aliphatic imine (C=N–C) groups is 1. The standard InChI is InChI=1S/C34H37Cl2N7O4S/c1-40-18-32(44-2)48-33(40)39-25-4-6-26(7-5-25)41-13-15-42(16-14-41)27-8-10-28(11-9-27)45-19-29-20-46-34(47-29,21-43-23-37-22-38-43)30-12-3-24(35)17-31(30)36/h3-12,17,22-23,29,32H,13-16,18-21H2,1-2H3/t29-,32?,34-/m1/s1. The maximum absolute atomic E-state index is 6.58. The summed E-state index contributed by atoms with van der Waals surface area (Å²) in [6.45, 7) is 5.50. The molecular weight excluding hydrogens is 673 g/mol. The van der Waals surface area contributed by atoms with Gasteiger partial charge in [-0.1, -0.05) is 41.0 Å². The molecule has 3 aliphatic rings. The first kappa shape index (κ1) is 33.0. The van der Waals surface area contributed by atoms with Gasteiger partial charge in [0.25, 0.3) is 0 Å². The maximum Gasteiger partial charge on any atom is 0.217 e. The number of rotatable bonds is 10. The Balaban J connectivity index is 0.912. The predicted octanol–water partition coefficient (Wildman–Crippen LogP) is 5.90. The van der Waals surface area contributed by atoms with Crippen molar-refractivity contribution in [3.63, 3.8) is 0 Å². The third-order valence-electron chi connectivity index (χ3n) is 8.64. The first-order valence-corrected chi connectivity index (χ1v) is 17.4. The van der Waals surface area contributed by atoms with Crippen molar-refractivity contribution in [3.05, 3.63) is 95.0 Å². The Bertz CT molecular complexity index is 1710. The number of likely N-dealkylation sites (N-methyl/N-ethyl adjacent to an activating group) is 1. The lowest BCUT2D eigenvalue weighted by Crippen LogP contribution is -2.46. The van der Waals surface area contributed by atoms with Crippen molar-refractivity contribution < 1.29 is 18.9 Å². The zero-order valence-electron chi connectivity index (χ0n) is 26.7. The Kier molecular flexibility index (Phi) is 9.99. The predicted molar refractivity (Wildman–Crippen MR) is 190 cm³/mol. The minimum Gasteiger partial charge on any atom is -0.491 e. The molecule has 252 valence electrons. The number of thioether (sulfide) groups is 1. The smallest absolute Gasteiger partial charge is 0.217 e. The maximum atomic E-state index is 6.58. The van der Waals surface area contributed by atoms with Crippen molar-refractivity contribution in [1.29, 1.82) is 0 Å². The fourth-order valence-corrected chi connectivity index (χ4v) is 7.67. The van der Waals surface area contributed by atoms with Crippen LogP contribution in [0.5, 0.6) is 5.75 Å². The number of hydrogen-bond donors (Lipinski definition) is 0. The molecule has 7 rings (SSSR count). The summed E-state index contributed by atoms with van der Waals surface area (Å²) >= 11 is 14.4. The Morgan fingerprint density at radius 3 is 2.31 bits per heavy atom. The summed E-state index contributed by atoms with van der Waals surface area (Å²) in [6.07, 6.45) is 2.77. The van der Waals surface area contributed by atoms with Crippen molar-refractivity contribution in [1.82, 2.24) is 19.7 Å². The molecule has 0 bridgehead atoms. The zero-order chi connectivity index (χ0) is 33.1. The van der Waals surface area contributed by atoms with E-state index >= 15 is 0 Å². The van der Waals surface area contributed by atoms with Crippen LogP contribution in [0.3, 0.4) is 0 Å². The summed E-state index contributed by atoms with van der Waals surface area (Å²) in [4.78, 5) is 15.8. The number of methoxy groups -OCH3 is 1. The minimum atomic E-state index is -1.15. The second-order valence-corrected chi connectivity index (χ2v) is 13.8. The first-order valence-electron chi connectivity index (χ1n) is 15.8. The normalized spacial score (nSPS) is 23.8. The van der Waals surface area contributed by atoms with Crippen LogP contribution in [0.1, 0.15) is 5.56 Å². The molecular formula is C34H37Cl2N7O4S. The third kappa shape index (κ3) is 7.39. The highest BCUT2D eigenvalue weighted by Crippen LogP contribution is 2.40. The number of benzene rings is 3. The topological polar surface area (TPSA) is 89.7 Å². The van der Waals surface area contributed by atoms with Crippen molar-refractivity contribution in [2.75, 3.05) is 69.9 Å². The highest BCUT2D eigenvalue weighted by Gasteiger charge is 2.45. The lowest BCUT2D eigenvalue weighted by molar-refractivity contribution is -0.190. The van der Waals surface area contributed by atoms with Gasteiger partial charge < -0.3 is 33.6 Å². The summed E-state index contributed by atoms with van der Waals surface area (Å²) in [7, 11) is 3.79. The Morgan fingerprint density at radius 2 is 1.69 bits per heavy atom. The molecule has 48 heavy (non-hydrogen) atoms. The molecule has 0 spiro atoms. The Morgan fingerprint density at radius 1 is 0.979 bits per heavy atom. The molecule has 3 fully saturated rings. The van der Waals surface area contributed by atoms with Crippen LogP contribution in [0.25, 0.3) is 0 Å². The van der Waals surface area contributed by atoms with E-state index < -0.39 is 5.79 Å². The lowest BCUT2D eigenvalue weighted by Gasteiger charge is -2.37. The summed E-state index contributed by atoms with van der Waals surface area (Å²) in [5, 5.41) is 6.21. The Labute approximate surface area is 294 Å². The van der Waals surface area contributed by atoms with Crippen LogP contribution in [-0.4, -0.2) is 96.5 Å². The monoisotopic (exact) mass is 709 g/mol. The van der Waals surface area contributed by atoms with E-state index in [1.807, 2.05) is 25.2 Å². The number of aromatic nitrogens is 3. The van der Waals surface area contributed by atoms with Gasteiger partial charge in [-0.05, 0) is 60.7 Å². The number of nitrogens with zero attached hydrogens (tertiary/aromatic N) is 7. The molecule has 14 heteroatoms. The molecule has 11 nitrogen and oxygen atoms in total. The van der Waals surface area contributed by atoms with Crippen LogP contribution >= 0.6 is 35.0 Å². The second-order valence-electron chi connectivity index (χ2n) is 11.9. The van der Waals surface area contributed by atoms with Gasteiger partial charge in [-0.25, -0.2) is 14.7 Å². The molecule has 3 aromatic carbocycles. The second kappa shape index (κ2) is 14.5. The van der Waals surface area contributed by atoms with Crippen LogP contribution in [0.4, 0.5) is 17.1 Å². The molecule has 1 unspecified atom stereocenters. The lowest BCUT2D eigenvalue weighted by atomic mass is 10.1. The van der Waals surface area contributed by atoms with Gasteiger partial charge in [0.1, 0.15) is 43.1 Å². The molecule has 0 amide bonds. The third-order valence-corrected chi connectivity index (χ3v) is 10.4. The largest absolute Gasteiger partial charge is 0.491 e. The van der Waals surface area contributed by atoms with Crippen molar-refractivity contribution >= 4 is 57.2 Å². The Hall–Kier alpha value is -3.52. The van der Waals surface area contributed by atoms with E-state index in [1.54, 1.807) is 42.0 Å². The quantitative estimate of drug-likeness (QED) is 0.198. The first-order chi connectivity index (χ1) is 23.4. The molecule has 4 heterocycles. The molecule has 0 N–H and O–H groups in total. The molecule has 4 aromatic rings. The van der Waals surface area contributed by atoms with Gasteiger partial charge in [0.2, 0.25) is 5.79 Å². The summed E-state index contributed by atoms with van der Waals surface area (Å²) in [5.41, 5.74) is 4.15. The van der Waals surface area contributed by atoms with Crippen molar-refractivity contribution in [2.45, 2.75) is 23.9 Å². The summed E-state index contributed by atoms with van der Waals surface area (Å²) in [6, 6.07) is 22.0. The van der Waals surface area contributed by atoms with Gasteiger partial charge in [-0.15, -0.1) is 0 Å². The van der Waals surface area contributed by atoms with Crippen molar-refractivity contribution in [2.24, 2.45) is 4.99 Å². The fraction of sp³-hybridized carbons (Fsp3) is 0.382. The molecule has 3 aliphatic heterocycles. The molecule has 1 aromatic heterocycles. The SMILES string of the molecule is COC1CN(C)C(=Nc2ccc(N3CCN(c4ccc(OC[C@@H]5CO[C@@](Cn6cncn6)(c6ccc(Cl)cc6Cl)O5)cc4)CC3)cc2)S1. The number of anilines is 2. The van der Waals surface area contributed by atoms with Gasteiger partial charge in [0.05, 0.1) is 23.9 Å². The summed E-state index contributed by atoms with van der Waals surface area (Å²) < 4.78 is 26.0. The van der Waals surface area contributed by atoms with E-state index in [9.17, 15) is 0 Å². The molecule has 3 saturated heterocycles. The number of hydrogen-bond acceptors (Lipinski definition) is 10. The van der Waals surface area contributed by atoms with Crippen LogP contribution in [0.2, 0.25) is 10.0 Å². The molecule has 0 saturated carbocycles. The van der Waals surface area contributed by atoms with Gasteiger partial charge in [0.15, 0.2) is 5.17 Å². The van der Waals surface area contributed by atoms with Crippen LogP contribution in [0.15, 0.2) is 84.4 Å². The average Bonchev–Trinajstić information content (AvgIpc) is 3.86. The fourth-order valence-electron chi connectivity index (χ4n) is 6.08. The van der Waals surface area contributed by atoms with E-state index in [1.165, 1.54) is 17.7 Å². The van der Waals surface area contributed by atoms with Gasteiger partial charge in [-0.3, -0.25) is 0 Å². The van der Waals surface area contributed by atoms with Crippen LogP contribution in [0, 0.1) is 0 Å². The molecule has 0 radical (unpaired) electrons. The minimum absolute atomic E-state index is 0.134. The van der Waals surface area contributed by atoms with Gasteiger partial charge in [-0.2, -0.15) is 5.10 Å². The van der Waals surface area contributed by atoms with Crippen LogP contribution < -0.4 is 14.5 Å².